The van der Waals surface area contributed by atoms with Crippen LogP contribution in [-0.2, 0) is 19.2 Å². The summed E-state index contributed by atoms with van der Waals surface area (Å²) in [7, 11) is 0. The van der Waals surface area contributed by atoms with Crippen LogP contribution in [0.25, 0.3) is 6.08 Å². The number of carboxylic acids is 2. The highest BCUT2D eigenvalue weighted by Crippen LogP contribution is 2.13. The predicted octanol–water partition coefficient (Wildman–Crippen LogP) is -0.846. The summed E-state index contributed by atoms with van der Waals surface area (Å²) < 4.78 is 0. The van der Waals surface area contributed by atoms with Crippen molar-refractivity contribution >= 4 is 41.5 Å². The zero-order valence-corrected chi connectivity index (χ0v) is 15.0. The van der Waals surface area contributed by atoms with Gasteiger partial charge in [-0.2, -0.15) is 0 Å². The Labute approximate surface area is 160 Å². The van der Waals surface area contributed by atoms with Gasteiger partial charge in [0.15, 0.2) is 5.96 Å². The zero-order valence-electron chi connectivity index (χ0n) is 15.0. The highest BCUT2D eigenvalue weighted by atomic mass is 16.4. The molecule has 0 aliphatic carbocycles. The van der Waals surface area contributed by atoms with E-state index in [1.807, 2.05) is 0 Å². The number of carbonyl (C=O) groups excluding carboxylic acids is 2. The molecule has 0 unspecified atom stereocenters. The first-order chi connectivity index (χ1) is 13.1. The molecule has 150 valence electrons. The molecule has 0 spiro atoms. The summed E-state index contributed by atoms with van der Waals surface area (Å²) in [6.07, 6.45) is 1.84. The van der Waals surface area contributed by atoms with Crippen molar-refractivity contribution in [3.05, 3.63) is 35.9 Å². The summed E-state index contributed by atoms with van der Waals surface area (Å²) in [6.45, 7) is 1.21. The highest BCUT2D eigenvalue weighted by Gasteiger charge is 2.25. The van der Waals surface area contributed by atoms with Gasteiger partial charge in [-0.15, -0.1) is 0 Å². The standard InChI is InChI=1S/C17H21N5O6/c1-9(16(27)28)20-15(26)12(8-14(24)25)22-13(23)7-4-10-2-5-11(6-3-10)21-17(18)19/h2-7,9,12H,8H2,1H3,(H,20,26)(H,22,23)(H,24,25)(H,27,28)(H4,18,19,21)/t9-,12-/m0/s1. The average Bonchev–Trinajstić information content (AvgIpc) is 2.59. The minimum absolute atomic E-state index is 0.0948. The van der Waals surface area contributed by atoms with Crippen molar-refractivity contribution in [1.82, 2.24) is 10.6 Å². The molecule has 1 rings (SSSR count). The molecule has 0 saturated carbocycles. The Balaban J connectivity index is 2.77. The van der Waals surface area contributed by atoms with Crippen LogP contribution in [0.5, 0.6) is 0 Å². The second-order valence-electron chi connectivity index (χ2n) is 5.69. The van der Waals surface area contributed by atoms with Crippen molar-refractivity contribution in [3.63, 3.8) is 0 Å². The number of rotatable bonds is 9. The first-order valence-corrected chi connectivity index (χ1v) is 8.01. The molecule has 8 N–H and O–H groups in total. The Bertz CT molecular complexity index is 799. The number of hydrogen-bond donors (Lipinski definition) is 6. The molecule has 1 aromatic rings. The molecule has 0 aliphatic heterocycles. The van der Waals surface area contributed by atoms with Crippen molar-refractivity contribution in [2.75, 3.05) is 0 Å². The van der Waals surface area contributed by atoms with Crippen molar-refractivity contribution in [1.29, 1.82) is 0 Å². The smallest absolute Gasteiger partial charge is 0.325 e. The van der Waals surface area contributed by atoms with Crippen LogP contribution in [0.15, 0.2) is 35.3 Å². The molecular formula is C17H21N5O6. The Hall–Kier alpha value is -3.89. The van der Waals surface area contributed by atoms with Gasteiger partial charge in [0.05, 0.1) is 12.1 Å². The number of nitrogens with two attached hydrogens (primary N) is 2. The maximum atomic E-state index is 12.0. The van der Waals surface area contributed by atoms with Crippen LogP contribution >= 0.6 is 0 Å². The van der Waals surface area contributed by atoms with E-state index in [1.165, 1.54) is 13.0 Å². The lowest BCUT2D eigenvalue weighted by Crippen LogP contribution is -2.51. The maximum Gasteiger partial charge on any atom is 0.325 e. The fraction of sp³-hybridized carbons (Fsp3) is 0.235. The van der Waals surface area contributed by atoms with Crippen LogP contribution in [0.3, 0.4) is 0 Å². The lowest BCUT2D eigenvalue weighted by atomic mass is 10.1. The molecular weight excluding hydrogens is 370 g/mol. The maximum absolute atomic E-state index is 12.0. The number of aliphatic imine (C=N–C) groups is 1. The Morgan fingerprint density at radius 2 is 1.71 bits per heavy atom. The average molecular weight is 391 g/mol. The summed E-state index contributed by atoms with van der Waals surface area (Å²) in [5.74, 6) is -4.36. The van der Waals surface area contributed by atoms with Gasteiger partial charge in [0.25, 0.3) is 0 Å². The SMILES string of the molecule is C[C@H](NC(=O)[C@H](CC(=O)O)NC(=O)C=Cc1ccc(N=C(N)N)cc1)C(=O)O. The Morgan fingerprint density at radius 3 is 2.21 bits per heavy atom. The topological polar surface area (TPSA) is 197 Å². The van der Waals surface area contributed by atoms with Crippen molar-refractivity contribution in [2.45, 2.75) is 25.4 Å². The molecule has 0 radical (unpaired) electrons. The third kappa shape index (κ3) is 7.99. The molecule has 2 atom stereocenters. The Morgan fingerprint density at radius 1 is 1.11 bits per heavy atom. The van der Waals surface area contributed by atoms with Crippen LogP contribution in [0.1, 0.15) is 18.9 Å². The van der Waals surface area contributed by atoms with Gasteiger partial charge in [0.1, 0.15) is 12.1 Å². The molecule has 11 heteroatoms. The minimum atomic E-state index is -1.43. The number of carbonyl (C=O) groups is 4. The van der Waals surface area contributed by atoms with Gasteiger partial charge in [-0.05, 0) is 30.7 Å². The monoisotopic (exact) mass is 391 g/mol. The van der Waals surface area contributed by atoms with E-state index in [2.05, 4.69) is 15.6 Å². The van der Waals surface area contributed by atoms with Crippen LogP contribution in [0.2, 0.25) is 0 Å². The third-order valence-electron chi connectivity index (χ3n) is 3.32. The van der Waals surface area contributed by atoms with Gasteiger partial charge >= 0.3 is 11.9 Å². The zero-order chi connectivity index (χ0) is 21.3. The molecule has 0 aliphatic rings. The van der Waals surface area contributed by atoms with Gasteiger partial charge in [0.2, 0.25) is 11.8 Å². The van der Waals surface area contributed by atoms with Gasteiger partial charge in [-0.1, -0.05) is 12.1 Å². The quantitative estimate of drug-likeness (QED) is 0.178. The minimum Gasteiger partial charge on any atom is -0.481 e. The predicted molar refractivity (Wildman–Crippen MR) is 100 cm³/mol. The fourth-order valence-corrected chi connectivity index (χ4v) is 1.96. The van der Waals surface area contributed by atoms with E-state index in [0.717, 1.165) is 6.08 Å². The molecule has 0 heterocycles. The van der Waals surface area contributed by atoms with Gasteiger partial charge in [0, 0.05) is 6.08 Å². The summed E-state index contributed by atoms with van der Waals surface area (Å²) in [4.78, 5) is 49.6. The second kappa shape index (κ2) is 10.3. The lowest BCUT2D eigenvalue weighted by molar-refractivity contribution is -0.142. The summed E-state index contributed by atoms with van der Waals surface area (Å²) in [5.41, 5.74) is 11.7. The van der Waals surface area contributed by atoms with E-state index in [9.17, 15) is 19.2 Å². The second-order valence-corrected chi connectivity index (χ2v) is 5.69. The van der Waals surface area contributed by atoms with Crippen LogP contribution < -0.4 is 22.1 Å². The number of benzene rings is 1. The third-order valence-corrected chi connectivity index (χ3v) is 3.32. The molecule has 28 heavy (non-hydrogen) atoms. The first kappa shape index (κ1) is 22.2. The number of nitrogens with one attached hydrogen (secondary N) is 2. The molecule has 11 nitrogen and oxygen atoms in total. The highest BCUT2D eigenvalue weighted by molar-refractivity contribution is 5.97. The number of aliphatic carboxylic acids is 2. The van der Waals surface area contributed by atoms with Crippen LogP contribution in [-0.4, -0.2) is 52.0 Å². The van der Waals surface area contributed by atoms with Crippen molar-refractivity contribution < 1.29 is 29.4 Å². The molecule has 2 amide bonds. The van der Waals surface area contributed by atoms with E-state index >= 15 is 0 Å². The first-order valence-electron chi connectivity index (χ1n) is 8.01. The largest absolute Gasteiger partial charge is 0.481 e. The van der Waals surface area contributed by atoms with Crippen molar-refractivity contribution in [2.24, 2.45) is 16.5 Å². The van der Waals surface area contributed by atoms with Crippen LogP contribution in [0, 0.1) is 0 Å². The van der Waals surface area contributed by atoms with Crippen LogP contribution in [0.4, 0.5) is 5.69 Å². The van der Waals surface area contributed by atoms with E-state index in [-0.39, 0.29) is 5.96 Å². The van der Waals surface area contributed by atoms with Gasteiger partial charge in [-0.25, -0.2) is 4.99 Å². The normalized spacial score (nSPS) is 12.6. The fourth-order valence-electron chi connectivity index (χ4n) is 1.96. The Kier molecular flexibility index (Phi) is 8.15. The summed E-state index contributed by atoms with van der Waals surface area (Å²) in [6, 6.07) is 3.85. The number of carboxylic acid groups (broad SMARTS) is 2. The number of nitrogens with zero attached hydrogens (tertiary/aromatic N) is 1. The lowest BCUT2D eigenvalue weighted by Gasteiger charge is -2.17. The molecule has 0 bridgehead atoms. The van der Waals surface area contributed by atoms with E-state index < -0.39 is 42.3 Å². The summed E-state index contributed by atoms with van der Waals surface area (Å²) >= 11 is 0. The summed E-state index contributed by atoms with van der Waals surface area (Å²) in [5, 5.41) is 22.0. The number of hydrogen-bond acceptors (Lipinski definition) is 5. The van der Waals surface area contributed by atoms with Gasteiger partial charge < -0.3 is 32.3 Å². The molecule has 0 saturated heterocycles. The molecule has 1 aromatic carbocycles. The van der Waals surface area contributed by atoms with E-state index in [0.29, 0.717) is 11.3 Å². The number of guanidine groups is 1. The van der Waals surface area contributed by atoms with E-state index in [1.54, 1.807) is 24.3 Å². The number of amides is 2. The van der Waals surface area contributed by atoms with Gasteiger partial charge in [-0.3, -0.25) is 19.2 Å². The molecule has 0 aromatic heterocycles. The molecule has 0 fully saturated rings. The van der Waals surface area contributed by atoms with E-state index in [4.69, 9.17) is 21.7 Å². The van der Waals surface area contributed by atoms with Crippen molar-refractivity contribution in [3.8, 4) is 0 Å².